The number of nitrogens with zero attached hydrogens (tertiary/aromatic N) is 2. The number of aryl methyl sites for hydroxylation is 1. The number of anilines is 1. The molecule has 0 heterocycles. The normalized spacial score (nSPS) is 12.7. The van der Waals surface area contributed by atoms with Crippen molar-refractivity contribution in [3.63, 3.8) is 0 Å². The van der Waals surface area contributed by atoms with Gasteiger partial charge in [-0.25, -0.2) is 12.7 Å². The molecule has 1 aromatic carbocycles. The van der Waals surface area contributed by atoms with Gasteiger partial charge in [0.15, 0.2) is 5.96 Å². The topological polar surface area (TPSA) is 87.8 Å². The highest BCUT2D eigenvalue weighted by Gasteiger charge is 2.12. The molecule has 0 aromatic heterocycles. The Bertz CT molecular complexity index is 567. The molecule has 0 unspecified atom stereocenters. The second kappa shape index (κ2) is 7.25. The van der Waals surface area contributed by atoms with Gasteiger partial charge in [0.1, 0.15) is 0 Å². The maximum atomic E-state index is 11.5. The Morgan fingerprint density at radius 2 is 2.10 bits per heavy atom. The van der Waals surface area contributed by atoms with Crippen LogP contribution >= 0.6 is 0 Å². The summed E-state index contributed by atoms with van der Waals surface area (Å²) >= 11 is 0. The molecule has 20 heavy (non-hydrogen) atoms. The number of aliphatic imine (C=N–C) groups is 1. The van der Waals surface area contributed by atoms with Gasteiger partial charge in [0.05, 0.1) is 12.3 Å². The van der Waals surface area contributed by atoms with Gasteiger partial charge in [-0.1, -0.05) is 19.1 Å². The molecule has 6 nitrogen and oxygen atoms in total. The van der Waals surface area contributed by atoms with Gasteiger partial charge >= 0.3 is 0 Å². The Balaban J connectivity index is 2.58. The van der Waals surface area contributed by atoms with Crippen LogP contribution in [0.5, 0.6) is 0 Å². The maximum absolute atomic E-state index is 11.5. The van der Waals surface area contributed by atoms with E-state index in [0.29, 0.717) is 0 Å². The Hall–Kier alpha value is -1.60. The number of rotatable bonds is 6. The van der Waals surface area contributed by atoms with Gasteiger partial charge in [0, 0.05) is 19.8 Å². The summed E-state index contributed by atoms with van der Waals surface area (Å²) in [4.78, 5) is 4.02. The van der Waals surface area contributed by atoms with Crippen LogP contribution in [0.25, 0.3) is 0 Å². The Morgan fingerprint density at radius 1 is 1.40 bits per heavy atom. The molecule has 3 N–H and O–H groups in total. The highest BCUT2D eigenvalue weighted by atomic mass is 32.2. The Morgan fingerprint density at radius 3 is 2.70 bits per heavy atom. The van der Waals surface area contributed by atoms with Crippen LogP contribution in [0.2, 0.25) is 0 Å². The van der Waals surface area contributed by atoms with Crippen molar-refractivity contribution in [2.24, 2.45) is 10.7 Å². The highest BCUT2D eigenvalue weighted by Crippen LogP contribution is 2.10. The predicted molar refractivity (Wildman–Crippen MR) is 83.4 cm³/mol. The summed E-state index contributed by atoms with van der Waals surface area (Å²) in [7, 11) is -0.241. The van der Waals surface area contributed by atoms with Crippen molar-refractivity contribution in [2.45, 2.75) is 13.3 Å². The molecule has 0 aliphatic rings. The zero-order chi connectivity index (χ0) is 15.2. The SMILES string of the molecule is CCc1cccc(NC(N)=NCCS(=O)(=O)N(C)C)c1. The summed E-state index contributed by atoms with van der Waals surface area (Å²) < 4.78 is 24.3. The van der Waals surface area contributed by atoms with Gasteiger partial charge in [0.25, 0.3) is 0 Å². The van der Waals surface area contributed by atoms with Crippen molar-refractivity contribution in [2.75, 3.05) is 31.7 Å². The van der Waals surface area contributed by atoms with Crippen molar-refractivity contribution >= 4 is 21.7 Å². The third-order valence-corrected chi connectivity index (χ3v) is 4.61. The first-order chi connectivity index (χ1) is 9.35. The lowest BCUT2D eigenvalue weighted by atomic mass is 10.1. The summed E-state index contributed by atoms with van der Waals surface area (Å²) in [6.45, 7) is 2.20. The van der Waals surface area contributed by atoms with E-state index in [-0.39, 0.29) is 18.3 Å². The van der Waals surface area contributed by atoms with E-state index >= 15 is 0 Å². The number of nitrogens with one attached hydrogen (secondary N) is 1. The van der Waals surface area contributed by atoms with Gasteiger partial charge < -0.3 is 11.1 Å². The molecule has 0 aliphatic heterocycles. The minimum absolute atomic E-state index is 0.0582. The molecule has 1 rings (SSSR count). The first-order valence-corrected chi connectivity index (χ1v) is 8.02. The average molecular weight is 298 g/mol. The third-order valence-electron chi connectivity index (χ3n) is 2.80. The fraction of sp³-hybridized carbons (Fsp3) is 0.462. The lowest BCUT2D eigenvalue weighted by Gasteiger charge is -2.10. The predicted octanol–water partition coefficient (Wildman–Crippen LogP) is 0.867. The number of sulfonamides is 1. The first kappa shape index (κ1) is 16.5. The van der Waals surface area contributed by atoms with Gasteiger partial charge in [-0.3, -0.25) is 4.99 Å². The van der Waals surface area contributed by atoms with E-state index in [1.807, 2.05) is 24.3 Å². The summed E-state index contributed by atoms with van der Waals surface area (Å²) in [5.41, 5.74) is 7.77. The van der Waals surface area contributed by atoms with Crippen molar-refractivity contribution in [3.8, 4) is 0 Å². The molecule has 0 atom stereocenters. The van der Waals surface area contributed by atoms with E-state index in [1.54, 1.807) is 0 Å². The maximum Gasteiger partial charge on any atom is 0.215 e. The molecule has 7 heteroatoms. The van der Waals surface area contributed by atoms with E-state index in [0.717, 1.165) is 12.1 Å². The molecule has 0 radical (unpaired) electrons. The monoisotopic (exact) mass is 298 g/mol. The van der Waals surface area contributed by atoms with Crippen LogP contribution in [0.3, 0.4) is 0 Å². The molecular weight excluding hydrogens is 276 g/mol. The molecule has 0 spiro atoms. The molecule has 112 valence electrons. The molecule has 0 fully saturated rings. The standard InChI is InChI=1S/C13H22N4O2S/c1-4-11-6-5-7-12(10-11)16-13(14)15-8-9-20(18,19)17(2)3/h5-7,10H,4,8-9H2,1-3H3,(H3,14,15,16). The zero-order valence-electron chi connectivity index (χ0n) is 12.1. The Kier molecular flexibility index (Phi) is 5.97. The molecule has 0 saturated heterocycles. The second-order valence-electron chi connectivity index (χ2n) is 4.54. The third kappa shape index (κ3) is 5.18. The summed E-state index contributed by atoms with van der Waals surface area (Å²) in [6.07, 6.45) is 0.938. The van der Waals surface area contributed by atoms with Gasteiger partial charge in [-0.05, 0) is 24.1 Å². The smallest absolute Gasteiger partial charge is 0.215 e. The van der Waals surface area contributed by atoms with Gasteiger partial charge in [-0.15, -0.1) is 0 Å². The van der Waals surface area contributed by atoms with Crippen LogP contribution < -0.4 is 11.1 Å². The van der Waals surface area contributed by atoms with Crippen molar-refractivity contribution < 1.29 is 8.42 Å². The second-order valence-corrected chi connectivity index (χ2v) is 6.85. The van der Waals surface area contributed by atoms with Gasteiger partial charge in [0.2, 0.25) is 10.0 Å². The molecule has 0 amide bonds. The fourth-order valence-corrected chi connectivity index (χ4v) is 2.21. The lowest BCUT2D eigenvalue weighted by Crippen LogP contribution is -2.28. The summed E-state index contributed by atoms with van der Waals surface area (Å²) in [5.74, 6) is 0.157. The molecule has 1 aromatic rings. The largest absolute Gasteiger partial charge is 0.370 e. The quantitative estimate of drug-likeness (QED) is 0.602. The summed E-state index contributed by atoms with van der Waals surface area (Å²) in [6, 6.07) is 7.84. The van der Waals surface area contributed by atoms with E-state index in [1.165, 1.54) is 24.0 Å². The van der Waals surface area contributed by atoms with Crippen LogP contribution in [-0.2, 0) is 16.4 Å². The van der Waals surface area contributed by atoms with Gasteiger partial charge in [-0.2, -0.15) is 0 Å². The van der Waals surface area contributed by atoms with Crippen LogP contribution in [0.4, 0.5) is 5.69 Å². The average Bonchev–Trinajstić information content (AvgIpc) is 2.38. The summed E-state index contributed by atoms with van der Waals surface area (Å²) in [5, 5.41) is 2.95. The minimum Gasteiger partial charge on any atom is -0.370 e. The fourth-order valence-electron chi connectivity index (χ4n) is 1.52. The van der Waals surface area contributed by atoms with Crippen molar-refractivity contribution in [1.82, 2.24) is 4.31 Å². The zero-order valence-corrected chi connectivity index (χ0v) is 12.9. The molecule has 0 saturated carbocycles. The van der Waals surface area contributed by atoms with Crippen LogP contribution in [0, 0.1) is 0 Å². The number of hydrogen-bond acceptors (Lipinski definition) is 3. The molecular formula is C13H22N4O2S. The van der Waals surface area contributed by atoms with Crippen molar-refractivity contribution in [1.29, 1.82) is 0 Å². The molecule has 0 bridgehead atoms. The van der Waals surface area contributed by atoms with E-state index in [4.69, 9.17) is 5.73 Å². The number of benzene rings is 1. The molecule has 0 aliphatic carbocycles. The van der Waals surface area contributed by atoms with Crippen molar-refractivity contribution in [3.05, 3.63) is 29.8 Å². The lowest BCUT2D eigenvalue weighted by molar-refractivity contribution is 0.521. The minimum atomic E-state index is -3.23. The van der Waals surface area contributed by atoms with E-state index in [2.05, 4.69) is 17.2 Å². The van der Waals surface area contributed by atoms with Crippen LogP contribution in [-0.4, -0.2) is 45.1 Å². The first-order valence-electron chi connectivity index (χ1n) is 6.41. The van der Waals surface area contributed by atoms with Crippen LogP contribution in [0.1, 0.15) is 12.5 Å². The highest BCUT2D eigenvalue weighted by molar-refractivity contribution is 7.89. The van der Waals surface area contributed by atoms with E-state index in [9.17, 15) is 8.42 Å². The number of nitrogens with two attached hydrogens (primary N) is 1. The number of guanidine groups is 1. The number of hydrogen-bond donors (Lipinski definition) is 2. The van der Waals surface area contributed by atoms with E-state index < -0.39 is 10.0 Å². The Labute approximate surface area is 120 Å². The van der Waals surface area contributed by atoms with Crippen LogP contribution in [0.15, 0.2) is 29.3 Å².